The maximum absolute atomic E-state index is 13.2. The van der Waals surface area contributed by atoms with Gasteiger partial charge in [0, 0.05) is 36.3 Å². The highest BCUT2D eigenvalue weighted by molar-refractivity contribution is 5.81. The lowest BCUT2D eigenvalue weighted by molar-refractivity contribution is -0.137. The first-order valence-corrected chi connectivity index (χ1v) is 11.4. The molecule has 1 atom stereocenters. The van der Waals surface area contributed by atoms with Crippen LogP contribution in [-0.2, 0) is 11.0 Å². The lowest BCUT2D eigenvalue weighted by Crippen LogP contribution is -2.21. The zero-order chi connectivity index (χ0) is 26.8. The number of alkyl halides is 3. The first-order chi connectivity index (χ1) is 17.7. The molecule has 2 aromatic heterocycles. The summed E-state index contributed by atoms with van der Waals surface area (Å²) in [4.78, 5) is 22.5. The average Bonchev–Trinajstić information content (AvgIpc) is 2.92. The zero-order valence-electron chi connectivity index (χ0n) is 20.1. The molecule has 4 aromatic rings. The molecular weight excluding hydrogens is 481 g/mol. The molecule has 37 heavy (non-hydrogen) atoms. The van der Waals surface area contributed by atoms with Gasteiger partial charge in [0.05, 0.1) is 17.8 Å². The van der Waals surface area contributed by atoms with Gasteiger partial charge in [-0.2, -0.15) is 13.2 Å². The van der Waals surface area contributed by atoms with Crippen molar-refractivity contribution in [3.8, 4) is 22.4 Å². The number of halogens is 3. The number of nitrogens with one attached hydrogen (secondary N) is 1. The van der Waals surface area contributed by atoms with Crippen LogP contribution in [0.15, 0.2) is 85.3 Å². The zero-order valence-corrected chi connectivity index (χ0v) is 20.1. The number of anilines is 1. The Morgan fingerprint density at radius 3 is 2.30 bits per heavy atom. The maximum atomic E-state index is 13.2. The van der Waals surface area contributed by atoms with Gasteiger partial charge in [-0.15, -0.1) is 0 Å². The number of carbonyl (C=O) groups excluding carboxylic acids is 1. The molecule has 1 amide bonds. The van der Waals surface area contributed by atoms with Gasteiger partial charge in [0.2, 0.25) is 11.9 Å². The Labute approximate surface area is 212 Å². The molecule has 5 N–H and O–H groups in total. The number of amides is 1. The normalized spacial score (nSPS) is 11.7. The minimum atomic E-state index is -4.43. The number of hydrogen-bond donors (Lipinski definition) is 3. The molecule has 0 spiro atoms. The number of benzene rings is 2. The van der Waals surface area contributed by atoms with E-state index in [9.17, 15) is 18.0 Å². The molecule has 0 saturated heterocycles. The Bertz CT molecular complexity index is 1300. The summed E-state index contributed by atoms with van der Waals surface area (Å²) in [6.07, 6.45) is 0.381. The number of primary amides is 1. The van der Waals surface area contributed by atoms with Crippen LogP contribution in [0.4, 0.5) is 19.1 Å². The van der Waals surface area contributed by atoms with Gasteiger partial charge in [0.25, 0.3) is 0 Å². The second-order valence-electron chi connectivity index (χ2n) is 8.13. The minimum absolute atomic E-state index is 0.0556. The number of hydrogen-bond acceptors (Lipinski definition) is 6. The van der Waals surface area contributed by atoms with Crippen molar-refractivity contribution in [2.45, 2.75) is 19.0 Å². The molecule has 7 nitrogen and oxygen atoms in total. The molecule has 192 valence electrons. The van der Waals surface area contributed by atoms with Gasteiger partial charge in [0.1, 0.15) is 0 Å². The van der Waals surface area contributed by atoms with Crippen LogP contribution in [0.1, 0.15) is 24.0 Å². The molecule has 4 rings (SSSR count). The fourth-order valence-corrected chi connectivity index (χ4v) is 3.41. The largest absolute Gasteiger partial charge is 0.416 e. The third-order valence-corrected chi connectivity index (χ3v) is 5.38. The van der Waals surface area contributed by atoms with Crippen molar-refractivity contribution in [3.05, 3.63) is 96.4 Å². The Morgan fingerprint density at radius 1 is 1.00 bits per heavy atom. The molecule has 0 aliphatic rings. The summed E-state index contributed by atoms with van der Waals surface area (Å²) in [5.74, 6) is 0.174. The smallest absolute Gasteiger partial charge is 0.369 e. The summed E-state index contributed by atoms with van der Waals surface area (Å²) < 4.78 is 39.7. The summed E-state index contributed by atoms with van der Waals surface area (Å²) >= 11 is 0. The van der Waals surface area contributed by atoms with Gasteiger partial charge in [0.15, 0.2) is 0 Å². The molecule has 2 aromatic carbocycles. The van der Waals surface area contributed by atoms with Crippen LogP contribution in [0.2, 0.25) is 0 Å². The van der Waals surface area contributed by atoms with Gasteiger partial charge >= 0.3 is 6.18 Å². The van der Waals surface area contributed by atoms with E-state index in [-0.39, 0.29) is 12.5 Å². The van der Waals surface area contributed by atoms with Crippen molar-refractivity contribution < 1.29 is 18.0 Å². The van der Waals surface area contributed by atoms with E-state index >= 15 is 0 Å². The summed E-state index contributed by atoms with van der Waals surface area (Å²) in [5, 5.41) is 3.25. The Morgan fingerprint density at radius 2 is 1.68 bits per heavy atom. The molecule has 0 radical (unpaired) electrons. The summed E-state index contributed by atoms with van der Waals surface area (Å²) in [6.45, 7) is 2.66. The summed E-state index contributed by atoms with van der Waals surface area (Å²) in [7, 11) is 0. The van der Waals surface area contributed by atoms with Crippen molar-refractivity contribution in [3.63, 3.8) is 0 Å². The third kappa shape index (κ3) is 7.84. The highest BCUT2D eigenvalue weighted by Crippen LogP contribution is 2.35. The predicted molar refractivity (Wildman–Crippen MR) is 137 cm³/mol. The third-order valence-electron chi connectivity index (χ3n) is 5.38. The van der Waals surface area contributed by atoms with E-state index in [1.54, 1.807) is 36.8 Å². The van der Waals surface area contributed by atoms with Crippen LogP contribution >= 0.6 is 0 Å². The Hall–Kier alpha value is -4.31. The fourth-order valence-electron chi connectivity index (χ4n) is 3.41. The van der Waals surface area contributed by atoms with E-state index in [0.29, 0.717) is 29.3 Å². The van der Waals surface area contributed by atoms with Crippen molar-refractivity contribution >= 4 is 11.9 Å². The molecule has 0 bridgehead atoms. The van der Waals surface area contributed by atoms with Gasteiger partial charge < -0.3 is 16.8 Å². The van der Waals surface area contributed by atoms with Crippen molar-refractivity contribution in [2.24, 2.45) is 11.5 Å². The minimum Gasteiger partial charge on any atom is -0.369 e. The van der Waals surface area contributed by atoms with Gasteiger partial charge in [-0.05, 0) is 41.3 Å². The number of aromatic nitrogens is 3. The van der Waals surface area contributed by atoms with E-state index in [0.717, 1.165) is 17.7 Å². The SMILES string of the molecule is CC(CNc1ncc(-c2cccc(C(F)(F)F)c2)c(-c2ccncc2)n1)c1ccccc1.NCC(N)=O. The van der Waals surface area contributed by atoms with Crippen LogP contribution in [0.3, 0.4) is 0 Å². The van der Waals surface area contributed by atoms with E-state index in [1.807, 2.05) is 18.2 Å². The molecular formula is C27H27F3N6O. The molecule has 0 aliphatic carbocycles. The second-order valence-corrected chi connectivity index (χ2v) is 8.13. The van der Waals surface area contributed by atoms with Gasteiger partial charge in [-0.3, -0.25) is 9.78 Å². The Balaban J connectivity index is 0.000000695. The van der Waals surface area contributed by atoms with Crippen LogP contribution in [0.25, 0.3) is 22.4 Å². The standard InChI is InChI=1S/C25H21F3N4.C2H6N2O/c1-17(18-6-3-2-4-7-18)15-30-24-31-16-22(23(32-24)19-10-12-29-13-11-19)20-8-5-9-21(14-20)25(26,27)28;3-1-2(4)5/h2-14,16-17H,15H2,1H3,(H,30,31,32);1,3H2,(H2,4,5). The molecule has 1 unspecified atom stereocenters. The number of rotatable bonds is 7. The first kappa shape index (κ1) is 27.3. The van der Waals surface area contributed by atoms with E-state index in [4.69, 9.17) is 5.73 Å². The van der Waals surface area contributed by atoms with E-state index in [1.165, 1.54) is 11.6 Å². The van der Waals surface area contributed by atoms with E-state index < -0.39 is 17.6 Å². The highest BCUT2D eigenvalue weighted by atomic mass is 19.4. The van der Waals surface area contributed by atoms with Gasteiger partial charge in [-0.25, -0.2) is 9.97 Å². The summed E-state index contributed by atoms with van der Waals surface area (Å²) in [6, 6.07) is 18.8. The highest BCUT2D eigenvalue weighted by Gasteiger charge is 2.30. The fraction of sp³-hybridized carbons (Fsp3) is 0.185. The number of nitrogens with two attached hydrogens (primary N) is 2. The van der Waals surface area contributed by atoms with Gasteiger partial charge in [-0.1, -0.05) is 49.4 Å². The molecule has 10 heteroatoms. The van der Waals surface area contributed by atoms with Crippen LogP contribution < -0.4 is 16.8 Å². The number of pyridine rings is 1. The Kier molecular flexibility index (Phi) is 9.28. The van der Waals surface area contributed by atoms with Crippen LogP contribution in [-0.4, -0.2) is 33.9 Å². The number of nitrogens with zero attached hydrogens (tertiary/aromatic N) is 3. The topological polar surface area (TPSA) is 120 Å². The molecule has 0 fully saturated rings. The average molecular weight is 509 g/mol. The predicted octanol–water partition coefficient (Wildman–Crippen LogP) is 4.87. The molecule has 2 heterocycles. The lowest BCUT2D eigenvalue weighted by Gasteiger charge is -2.15. The summed E-state index contributed by atoms with van der Waals surface area (Å²) in [5.41, 5.74) is 11.9. The van der Waals surface area contributed by atoms with Crippen LogP contribution in [0, 0.1) is 0 Å². The number of carbonyl (C=O) groups is 1. The van der Waals surface area contributed by atoms with Crippen LogP contribution in [0.5, 0.6) is 0 Å². The second kappa shape index (κ2) is 12.6. The lowest BCUT2D eigenvalue weighted by atomic mass is 9.99. The molecule has 0 aliphatic heterocycles. The molecule has 0 saturated carbocycles. The van der Waals surface area contributed by atoms with Crippen molar-refractivity contribution in [2.75, 3.05) is 18.4 Å². The van der Waals surface area contributed by atoms with Crippen molar-refractivity contribution in [1.29, 1.82) is 0 Å². The van der Waals surface area contributed by atoms with Crippen molar-refractivity contribution in [1.82, 2.24) is 15.0 Å². The quantitative estimate of drug-likeness (QED) is 0.328. The first-order valence-electron chi connectivity index (χ1n) is 11.4. The van der Waals surface area contributed by atoms with E-state index in [2.05, 4.69) is 45.1 Å². The monoisotopic (exact) mass is 508 g/mol. The maximum Gasteiger partial charge on any atom is 0.416 e.